The SMILES string of the molecule is CCCC1CCCCN1Cc1csc(CNCC(C)C)n1. The zero-order valence-corrected chi connectivity index (χ0v) is 14.7. The van der Waals surface area contributed by atoms with E-state index in [1.54, 1.807) is 11.3 Å². The van der Waals surface area contributed by atoms with Crippen molar-refractivity contribution in [1.29, 1.82) is 0 Å². The third-order valence-corrected chi connectivity index (χ3v) is 5.06. The first-order chi connectivity index (χ1) is 10.2. The highest BCUT2D eigenvalue weighted by molar-refractivity contribution is 7.09. The average Bonchev–Trinajstić information content (AvgIpc) is 2.88. The van der Waals surface area contributed by atoms with Crippen LogP contribution in [0.4, 0.5) is 0 Å². The van der Waals surface area contributed by atoms with Crippen molar-refractivity contribution < 1.29 is 0 Å². The Morgan fingerprint density at radius 1 is 1.43 bits per heavy atom. The lowest BCUT2D eigenvalue weighted by molar-refractivity contribution is 0.130. The maximum absolute atomic E-state index is 4.81. The Bertz CT molecular complexity index is 400. The summed E-state index contributed by atoms with van der Waals surface area (Å²) < 4.78 is 0. The third-order valence-electron chi connectivity index (χ3n) is 4.16. The van der Waals surface area contributed by atoms with Gasteiger partial charge in [-0.2, -0.15) is 0 Å². The predicted octanol–water partition coefficient (Wildman–Crippen LogP) is 4.04. The Kier molecular flexibility index (Phi) is 7.14. The summed E-state index contributed by atoms with van der Waals surface area (Å²) in [6.07, 6.45) is 6.77. The lowest BCUT2D eigenvalue weighted by atomic mass is 9.98. The lowest BCUT2D eigenvalue weighted by Crippen LogP contribution is -2.38. The molecule has 2 heterocycles. The van der Waals surface area contributed by atoms with E-state index in [9.17, 15) is 0 Å². The van der Waals surface area contributed by atoms with Crippen LogP contribution >= 0.6 is 11.3 Å². The molecular weight excluding hydrogens is 278 g/mol. The van der Waals surface area contributed by atoms with Crippen molar-refractivity contribution in [2.75, 3.05) is 13.1 Å². The van der Waals surface area contributed by atoms with E-state index in [0.717, 1.165) is 25.7 Å². The van der Waals surface area contributed by atoms with Crippen LogP contribution in [0.25, 0.3) is 0 Å². The number of aromatic nitrogens is 1. The third kappa shape index (κ3) is 5.68. The Hall–Kier alpha value is -0.450. The molecule has 0 amide bonds. The van der Waals surface area contributed by atoms with Gasteiger partial charge < -0.3 is 5.32 Å². The number of piperidine rings is 1. The fourth-order valence-corrected chi connectivity index (χ4v) is 3.86. The van der Waals surface area contributed by atoms with Crippen LogP contribution in [0.1, 0.15) is 63.6 Å². The van der Waals surface area contributed by atoms with Crippen molar-refractivity contribution in [3.8, 4) is 0 Å². The zero-order chi connectivity index (χ0) is 15.1. The first-order valence-electron chi connectivity index (χ1n) is 8.57. The van der Waals surface area contributed by atoms with Gasteiger partial charge in [-0.3, -0.25) is 4.90 Å². The van der Waals surface area contributed by atoms with Crippen LogP contribution in [0.15, 0.2) is 5.38 Å². The second-order valence-electron chi connectivity index (χ2n) is 6.67. The molecule has 120 valence electrons. The highest BCUT2D eigenvalue weighted by atomic mass is 32.1. The van der Waals surface area contributed by atoms with Crippen molar-refractivity contribution in [2.45, 2.75) is 72.0 Å². The summed E-state index contributed by atoms with van der Waals surface area (Å²) in [7, 11) is 0. The van der Waals surface area contributed by atoms with Crippen LogP contribution < -0.4 is 5.32 Å². The van der Waals surface area contributed by atoms with Crippen molar-refractivity contribution in [3.05, 3.63) is 16.1 Å². The summed E-state index contributed by atoms with van der Waals surface area (Å²) in [4.78, 5) is 7.47. The Balaban J connectivity index is 1.83. The molecule has 1 aliphatic heterocycles. The van der Waals surface area contributed by atoms with E-state index in [4.69, 9.17) is 4.98 Å². The first-order valence-corrected chi connectivity index (χ1v) is 9.45. The summed E-state index contributed by atoms with van der Waals surface area (Å²) in [6.45, 7) is 11.1. The summed E-state index contributed by atoms with van der Waals surface area (Å²) in [5.41, 5.74) is 1.27. The highest BCUT2D eigenvalue weighted by Gasteiger charge is 2.22. The van der Waals surface area contributed by atoms with Gasteiger partial charge in [-0.25, -0.2) is 4.98 Å². The normalized spacial score (nSPS) is 20.3. The topological polar surface area (TPSA) is 28.2 Å². The van der Waals surface area contributed by atoms with E-state index in [0.29, 0.717) is 5.92 Å². The van der Waals surface area contributed by atoms with E-state index >= 15 is 0 Å². The van der Waals surface area contributed by atoms with Gasteiger partial charge in [-0.1, -0.05) is 33.6 Å². The fraction of sp³-hybridized carbons (Fsp3) is 0.824. The quantitative estimate of drug-likeness (QED) is 0.785. The van der Waals surface area contributed by atoms with Gasteiger partial charge in [0.2, 0.25) is 0 Å². The van der Waals surface area contributed by atoms with Crippen LogP contribution in [-0.4, -0.2) is 29.0 Å². The van der Waals surface area contributed by atoms with Crippen LogP contribution in [0, 0.1) is 5.92 Å². The molecule has 1 aromatic heterocycles. The largest absolute Gasteiger partial charge is 0.310 e. The molecule has 1 atom stereocenters. The lowest BCUT2D eigenvalue weighted by Gasteiger charge is -2.35. The maximum atomic E-state index is 4.81. The minimum Gasteiger partial charge on any atom is -0.310 e. The van der Waals surface area contributed by atoms with Gasteiger partial charge in [0.1, 0.15) is 5.01 Å². The fourth-order valence-electron chi connectivity index (χ4n) is 3.11. The molecular formula is C17H31N3S. The van der Waals surface area contributed by atoms with Gasteiger partial charge >= 0.3 is 0 Å². The van der Waals surface area contributed by atoms with Gasteiger partial charge in [0.15, 0.2) is 0 Å². The first kappa shape index (κ1) is 16.9. The Morgan fingerprint density at radius 3 is 3.05 bits per heavy atom. The van der Waals surface area contributed by atoms with E-state index in [2.05, 4.69) is 36.4 Å². The molecule has 0 spiro atoms. The maximum Gasteiger partial charge on any atom is 0.107 e. The Labute approximate surface area is 134 Å². The molecule has 1 aromatic rings. The number of hydrogen-bond acceptors (Lipinski definition) is 4. The second-order valence-corrected chi connectivity index (χ2v) is 7.61. The predicted molar refractivity (Wildman–Crippen MR) is 91.6 cm³/mol. The van der Waals surface area contributed by atoms with Crippen LogP contribution in [-0.2, 0) is 13.1 Å². The summed E-state index contributed by atoms with van der Waals surface area (Å²) in [5, 5.41) is 6.97. The minimum absolute atomic E-state index is 0.701. The van der Waals surface area contributed by atoms with E-state index < -0.39 is 0 Å². The summed E-state index contributed by atoms with van der Waals surface area (Å²) in [5.74, 6) is 0.701. The number of likely N-dealkylation sites (tertiary alicyclic amines) is 1. The van der Waals surface area contributed by atoms with Crippen LogP contribution in [0.5, 0.6) is 0 Å². The van der Waals surface area contributed by atoms with Crippen LogP contribution in [0.3, 0.4) is 0 Å². The second kappa shape index (κ2) is 8.86. The Morgan fingerprint density at radius 2 is 2.29 bits per heavy atom. The summed E-state index contributed by atoms with van der Waals surface area (Å²) in [6, 6.07) is 0.785. The standard InChI is InChI=1S/C17H31N3S/c1-4-7-16-8-5-6-9-20(16)12-15-13-21-17(19-15)11-18-10-14(2)3/h13-14,16,18H,4-12H2,1-3H3. The van der Waals surface area contributed by atoms with Gasteiger partial charge in [0.25, 0.3) is 0 Å². The monoisotopic (exact) mass is 309 g/mol. The molecule has 0 aliphatic carbocycles. The number of thiazole rings is 1. The molecule has 3 nitrogen and oxygen atoms in total. The molecule has 0 saturated carbocycles. The molecule has 1 unspecified atom stereocenters. The minimum atomic E-state index is 0.701. The number of nitrogens with zero attached hydrogens (tertiary/aromatic N) is 2. The van der Waals surface area contributed by atoms with Crippen molar-refractivity contribution >= 4 is 11.3 Å². The number of hydrogen-bond donors (Lipinski definition) is 1. The molecule has 1 aliphatic rings. The van der Waals surface area contributed by atoms with E-state index in [1.165, 1.54) is 49.4 Å². The molecule has 2 rings (SSSR count). The van der Waals surface area contributed by atoms with Crippen molar-refractivity contribution in [3.63, 3.8) is 0 Å². The van der Waals surface area contributed by atoms with E-state index in [-0.39, 0.29) is 0 Å². The number of rotatable bonds is 8. The van der Waals surface area contributed by atoms with Crippen molar-refractivity contribution in [2.24, 2.45) is 5.92 Å². The van der Waals surface area contributed by atoms with Gasteiger partial charge in [0.05, 0.1) is 5.69 Å². The average molecular weight is 310 g/mol. The molecule has 4 heteroatoms. The van der Waals surface area contributed by atoms with Crippen LogP contribution in [0.2, 0.25) is 0 Å². The highest BCUT2D eigenvalue weighted by Crippen LogP contribution is 2.23. The number of nitrogens with one attached hydrogen (secondary N) is 1. The van der Waals surface area contributed by atoms with Gasteiger partial charge in [0, 0.05) is 24.5 Å². The van der Waals surface area contributed by atoms with Gasteiger partial charge in [-0.05, 0) is 38.3 Å². The van der Waals surface area contributed by atoms with Gasteiger partial charge in [-0.15, -0.1) is 11.3 Å². The molecule has 0 aromatic carbocycles. The molecule has 1 saturated heterocycles. The smallest absolute Gasteiger partial charge is 0.107 e. The molecule has 1 N–H and O–H groups in total. The zero-order valence-electron chi connectivity index (χ0n) is 13.9. The van der Waals surface area contributed by atoms with E-state index in [1.807, 2.05) is 0 Å². The molecule has 21 heavy (non-hydrogen) atoms. The van der Waals surface area contributed by atoms with Crippen molar-refractivity contribution in [1.82, 2.24) is 15.2 Å². The molecule has 0 bridgehead atoms. The summed E-state index contributed by atoms with van der Waals surface area (Å²) >= 11 is 1.80. The molecule has 0 radical (unpaired) electrons. The molecule has 1 fully saturated rings.